The zero-order chi connectivity index (χ0) is 11.4. The van der Waals surface area contributed by atoms with Gasteiger partial charge in [0.05, 0.1) is 0 Å². The predicted octanol–water partition coefficient (Wildman–Crippen LogP) is 3.90. The second-order valence-electron chi connectivity index (χ2n) is 5.87. The molecule has 2 atom stereocenters. The smallest absolute Gasteiger partial charge is 0.0118 e. The molecule has 0 amide bonds. The molecule has 1 saturated carbocycles. The van der Waals surface area contributed by atoms with Crippen molar-refractivity contribution in [3.8, 4) is 0 Å². The van der Waals surface area contributed by atoms with E-state index in [9.17, 15) is 0 Å². The van der Waals surface area contributed by atoms with E-state index in [1.165, 1.54) is 51.5 Å². The number of allylic oxidation sites excluding steroid dienone is 1. The maximum atomic E-state index is 3.81. The van der Waals surface area contributed by atoms with Crippen molar-refractivity contribution in [1.82, 2.24) is 5.32 Å². The van der Waals surface area contributed by atoms with Crippen molar-refractivity contribution >= 4 is 0 Å². The lowest BCUT2D eigenvalue weighted by Crippen LogP contribution is -2.43. The van der Waals surface area contributed by atoms with E-state index in [1.54, 1.807) is 5.57 Å². The van der Waals surface area contributed by atoms with Crippen molar-refractivity contribution in [2.45, 2.75) is 64.8 Å². The average molecular weight is 221 g/mol. The van der Waals surface area contributed by atoms with Crippen LogP contribution in [0.5, 0.6) is 0 Å². The van der Waals surface area contributed by atoms with Gasteiger partial charge < -0.3 is 5.32 Å². The first-order valence-electron chi connectivity index (χ1n) is 7.18. The van der Waals surface area contributed by atoms with Gasteiger partial charge in [-0.2, -0.15) is 0 Å². The molecule has 0 aliphatic heterocycles. The van der Waals surface area contributed by atoms with Crippen LogP contribution >= 0.6 is 0 Å². The molecule has 2 aliphatic carbocycles. The van der Waals surface area contributed by atoms with E-state index < -0.39 is 0 Å². The molecule has 0 bridgehead atoms. The van der Waals surface area contributed by atoms with Crippen molar-refractivity contribution in [3.05, 3.63) is 11.6 Å². The van der Waals surface area contributed by atoms with Crippen LogP contribution in [0.25, 0.3) is 0 Å². The van der Waals surface area contributed by atoms with Crippen LogP contribution in [0.3, 0.4) is 0 Å². The first-order chi connectivity index (χ1) is 7.77. The molecule has 2 unspecified atom stereocenters. The van der Waals surface area contributed by atoms with E-state index in [0.717, 1.165) is 17.9 Å². The second-order valence-corrected chi connectivity index (χ2v) is 5.87. The molecule has 0 saturated heterocycles. The summed E-state index contributed by atoms with van der Waals surface area (Å²) in [6, 6.07) is 0.774. The van der Waals surface area contributed by atoms with E-state index in [1.807, 2.05) is 0 Å². The average Bonchev–Trinajstić information content (AvgIpc) is 2.75. The van der Waals surface area contributed by atoms with Crippen LogP contribution in [0.15, 0.2) is 11.6 Å². The standard InChI is InChI=1S/C15H27N/c1-12-6-5-7-13(2)15(12)16-11-10-14-8-3-4-9-14/h8,12-13,15-16H,3-7,9-11H2,1-2H3. The van der Waals surface area contributed by atoms with Gasteiger partial charge in [0.2, 0.25) is 0 Å². The third-order valence-electron chi connectivity index (χ3n) is 4.51. The Morgan fingerprint density at radius 3 is 2.56 bits per heavy atom. The molecular weight excluding hydrogens is 194 g/mol. The Morgan fingerprint density at radius 2 is 1.94 bits per heavy atom. The van der Waals surface area contributed by atoms with Crippen LogP contribution in [-0.2, 0) is 0 Å². The highest BCUT2D eigenvalue weighted by Gasteiger charge is 2.26. The number of nitrogens with one attached hydrogen (secondary N) is 1. The van der Waals surface area contributed by atoms with Crippen LogP contribution < -0.4 is 5.32 Å². The number of hydrogen-bond donors (Lipinski definition) is 1. The van der Waals surface area contributed by atoms with E-state index in [2.05, 4.69) is 25.2 Å². The molecule has 0 radical (unpaired) electrons. The van der Waals surface area contributed by atoms with Crippen LogP contribution in [0.4, 0.5) is 0 Å². The van der Waals surface area contributed by atoms with Gasteiger partial charge in [0.1, 0.15) is 0 Å². The summed E-state index contributed by atoms with van der Waals surface area (Å²) in [5.74, 6) is 1.75. The summed E-state index contributed by atoms with van der Waals surface area (Å²) in [7, 11) is 0. The molecule has 0 aromatic rings. The summed E-state index contributed by atoms with van der Waals surface area (Å²) in [6.07, 6.45) is 12.1. The highest BCUT2D eigenvalue weighted by molar-refractivity contribution is 5.07. The van der Waals surface area contributed by atoms with Gasteiger partial charge in [0.15, 0.2) is 0 Å². The Balaban J connectivity index is 1.71. The van der Waals surface area contributed by atoms with Crippen molar-refractivity contribution in [2.75, 3.05) is 6.54 Å². The first-order valence-corrected chi connectivity index (χ1v) is 7.18. The Morgan fingerprint density at radius 1 is 1.19 bits per heavy atom. The summed E-state index contributed by atoms with van der Waals surface area (Å²) >= 11 is 0. The fourth-order valence-corrected chi connectivity index (χ4v) is 3.45. The second kappa shape index (κ2) is 5.86. The third-order valence-corrected chi connectivity index (χ3v) is 4.51. The van der Waals surface area contributed by atoms with Crippen molar-refractivity contribution in [3.63, 3.8) is 0 Å². The monoisotopic (exact) mass is 221 g/mol. The van der Waals surface area contributed by atoms with E-state index in [-0.39, 0.29) is 0 Å². The predicted molar refractivity (Wildman–Crippen MR) is 70.5 cm³/mol. The molecule has 0 heterocycles. The topological polar surface area (TPSA) is 12.0 Å². The summed E-state index contributed by atoms with van der Waals surface area (Å²) in [6.45, 7) is 6.04. The lowest BCUT2D eigenvalue weighted by atomic mass is 9.78. The maximum Gasteiger partial charge on any atom is 0.0118 e. The highest BCUT2D eigenvalue weighted by Crippen LogP contribution is 2.29. The van der Waals surface area contributed by atoms with Crippen LogP contribution in [0, 0.1) is 11.8 Å². The minimum atomic E-state index is 0.774. The zero-order valence-electron chi connectivity index (χ0n) is 11.0. The molecular formula is C15H27N. The maximum absolute atomic E-state index is 3.81. The molecule has 1 nitrogen and oxygen atoms in total. The quantitative estimate of drug-likeness (QED) is 0.710. The Kier molecular flexibility index (Phi) is 4.45. The molecule has 1 heteroatoms. The molecule has 1 fully saturated rings. The molecule has 16 heavy (non-hydrogen) atoms. The summed E-state index contributed by atoms with van der Waals surface area (Å²) < 4.78 is 0. The third kappa shape index (κ3) is 3.10. The summed E-state index contributed by atoms with van der Waals surface area (Å²) in [4.78, 5) is 0. The van der Waals surface area contributed by atoms with Crippen LogP contribution in [0.2, 0.25) is 0 Å². The van der Waals surface area contributed by atoms with E-state index in [4.69, 9.17) is 0 Å². The van der Waals surface area contributed by atoms with Crippen molar-refractivity contribution in [2.24, 2.45) is 11.8 Å². The number of rotatable bonds is 4. The van der Waals surface area contributed by atoms with Crippen LogP contribution in [0.1, 0.15) is 58.8 Å². The molecule has 92 valence electrons. The number of hydrogen-bond acceptors (Lipinski definition) is 1. The van der Waals surface area contributed by atoms with Gasteiger partial charge >= 0.3 is 0 Å². The molecule has 0 aromatic heterocycles. The molecule has 1 N–H and O–H groups in total. The fraction of sp³-hybridized carbons (Fsp3) is 0.867. The van der Waals surface area contributed by atoms with Gasteiger partial charge in [-0.05, 0) is 56.9 Å². The van der Waals surface area contributed by atoms with Gasteiger partial charge in [0, 0.05) is 6.04 Å². The van der Waals surface area contributed by atoms with Gasteiger partial charge in [0.25, 0.3) is 0 Å². The molecule has 2 rings (SSSR count). The summed E-state index contributed by atoms with van der Waals surface area (Å²) in [5, 5.41) is 3.81. The lowest BCUT2D eigenvalue weighted by molar-refractivity contribution is 0.210. The van der Waals surface area contributed by atoms with E-state index in [0.29, 0.717) is 0 Å². The Labute approximate surface area is 101 Å². The van der Waals surface area contributed by atoms with Crippen molar-refractivity contribution in [1.29, 1.82) is 0 Å². The molecule has 0 aromatic carbocycles. The summed E-state index contributed by atoms with van der Waals surface area (Å²) in [5.41, 5.74) is 1.70. The van der Waals surface area contributed by atoms with Gasteiger partial charge in [-0.25, -0.2) is 0 Å². The highest BCUT2D eigenvalue weighted by atomic mass is 14.9. The fourth-order valence-electron chi connectivity index (χ4n) is 3.45. The lowest BCUT2D eigenvalue weighted by Gasteiger charge is -2.35. The normalized spacial score (nSPS) is 35.1. The van der Waals surface area contributed by atoms with E-state index >= 15 is 0 Å². The van der Waals surface area contributed by atoms with Gasteiger partial charge in [-0.1, -0.05) is 31.9 Å². The molecule has 0 spiro atoms. The molecule has 2 aliphatic rings. The van der Waals surface area contributed by atoms with Gasteiger partial charge in [-0.15, -0.1) is 0 Å². The largest absolute Gasteiger partial charge is 0.313 e. The SMILES string of the molecule is CC1CCCC(C)C1NCCC1=CCCC1. The van der Waals surface area contributed by atoms with Gasteiger partial charge in [-0.3, -0.25) is 0 Å². The Hall–Kier alpha value is -0.300. The minimum Gasteiger partial charge on any atom is -0.313 e. The Bertz CT molecular complexity index is 234. The minimum absolute atomic E-state index is 0.774. The van der Waals surface area contributed by atoms with Crippen LogP contribution in [-0.4, -0.2) is 12.6 Å². The zero-order valence-corrected chi connectivity index (χ0v) is 11.0. The van der Waals surface area contributed by atoms with Crippen molar-refractivity contribution < 1.29 is 0 Å². The first kappa shape index (κ1) is 12.2.